The molecular weight excluding hydrogens is 164 g/mol. The Bertz CT molecular complexity index is 83.6. The van der Waals surface area contributed by atoms with Crippen molar-refractivity contribution in [1.29, 1.82) is 0 Å². The van der Waals surface area contributed by atoms with Crippen LogP contribution in [-0.4, -0.2) is 42.0 Å². The molecule has 0 aromatic heterocycles. The highest BCUT2D eigenvalue weighted by Crippen LogP contribution is 1.88. The van der Waals surface area contributed by atoms with Crippen LogP contribution in [0, 0.1) is 0 Å². The summed E-state index contributed by atoms with van der Waals surface area (Å²) in [4.78, 5) is 9.55. The van der Waals surface area contributed by atoms with Gasteiger partial charge in [0.1, 0.15) is 0 Å². The van der Waals surface area contributed by atoms with Gasteiger partial charge in [-0.2, -0.15) is 0 Å². The third-order valence-corrected chi connectivity index (χ3v) is 1.04. The van der Waals surface area contributed by atoms with Gasteiger partial charge < -0.3 is 10.2 Å². The Kier molecular flexibility index (Phi) is 8.68. The van der Waals surface area contributed by atoms with Gasteiger partial charge in [-0.25, -0.2) is 5.84 Å². The fourth-order valence-electron chi connectivity index (χ4n) is 0.475. The summed E-state index contributed by atoms with van der Waals surface area (Å²) in [5.74, 6) is 5.18. The molecule has 74 valence electrons. The minimum absolute atomic E-state index is 0.0600. The SMILES string of the molecule is NN(OCCCO)OCCCO. The molecule has 0 aliphatic rings. The first kappa shape index (κ1) is 11.8. The van der Waals surface area contributed by atoms with Crippen molar-refractivity contribution >= 4 is 0 Å². The molecule has 0 aliphatic heterocycles. The predicted octanol–water partition coefficient (Wildman–Crippen LogP) is -1.21. The Labute approximate surface area is 71.4 Å². The molecular formula is C6H16N2O4. The molecule has 0 aromatic carbocycles. The normalized spacial score (nSPS) is 11.0. The van der Waals surface area contributed by atoms with Crippen molar-refractivity contribution in [2.45, 2.75) is 12.8 Å². The minimum atomic E-state index is 0.0600. The van der Waals surface area contributed by atoms with Crippen molar-refractivity contribution in [2.75, 3.05) is 26.4 Å². The number of aliphatic hydroxyl groups excluding tert-OH is 2. The van der Waals surface area contributed by atoms with Gasteiger partial charge in [-0.15, -0.1) is 0 Å². The molecule has 0 unspecified atom stereocenters. The van der Waals surface area contributed by atoms with E-state index < -0.39 is 0 Å². The first-order valence-electron chi connectivity index (χ1n) is 3.83. The van der Waals surface area contributed by atoms with E-state index >= 15 is 0 Å². The van der Waals surface area contributed by atoms with Crippen molar-refractivity contribution in [3.05, 3.63) is 0 Å². The molecule has 0 fully saturated rings. The maximum Gasteiger partial charge on any atom is 0.0748 e. The van der Waals surface area contributed by atoms with Gasteiger partial charge in [0.05, 0.1) is 13.2 Å². The van der Waals surface area contributed by atoms with E-state index in [0.717, 1.165) is 5.34 Å². The summed E-state index contributed by atoms with van der Waals surface area (Å²) in [6, 6.07) is 0. The molecule has 12 heavy (non-hydrogen) atoms. The van der Waals surface area contributed by atoms with Crippen LogP contribution in [0.25, 0.3) is 0 Å². The molecule has 0 spiro atoms. The maximum absolute atomic E-state index is 8.38. The zero-order valence-corrected chi connectivity index (χ0v) is 6.98. The second-order valence-electron chi connectivity index (χ2n) is 2.11. The Morgan fingerprint density at radius 2 is 1.42 bits per heavy atom. The topological polar surface area (TPSA) is 88.2 Å². The highest BCUT2D eigenvalue weighted by atomic mass is 17.0. The lowest BCUT2D eigenvalue weighted by Gasteiger charge is -2.14. The number of hydrogen-bond donors (Lipinski definition) is 3. The van der Waals surface area contributed by atoms with E-state index in [4.69, 9.17) is 25.7 Å². The number of nitrogens with two attached hydrogens (primary N) is 1. The molecule has 0 aliphatic carbocycles. The Hall–Kier alpha value is -0.240. The van der Waals surface area contributed by atoms with Crippen LogP contribution >= 0.6 is 0 Å². The van der Waals surface area contributed by atoms with Crippen LogP contribution in [0.2, 0.25) is 0 Å². The number of hydrazine groups is 1. The molecule has 0 radical (unpaired) electrons. The highest BCUT2D eigenvalue weighted by molar-refractivity contribution is 4.28. The van der Waals surface area contributed by atoms with Crippen LogP contribution in [0.1, 0.15) is 12.8 Å². The molecule has 0 rings (SSSR count). The van der Waals surface area contributed by atoms with Crippen molar-refractivity contribution in [1.82, 2.24) is 5.34 Å². The Balaban J connectivity index is 3.04. The van der Waals surface area contributed by atoms with Gasteiger partial charge in [-0.3, -0.25) is 9.68 Å². The van der Waals surface area contributed by atoms with Gasteiger partial charge in [-0.1, -0.05) is 0 Å². The molecule has 4 N–H and O–H groups in total. The van der Waals surface area contributed by atoms with E-state index in [-0.39, 0.29) is 13.2 Å². The Morgan fingerprint density at radius 1 is 1.00 bits per heavy atom. The zero-order chi connectivity index (χ0) is 9.23. The largest absolute Gasteiger partial charge is 0.396 e. The van der Waals surface area contributed by atoms with Gasteiger partial charge >= 0.3 is 0 Å². The summed E-state index contributed by atoms with van der Waals surface area (Å²) in [5, 5.41) is 17.5. The van der Waals surface area contributed by atoms with Crippen molar-refractivity contribution in [3.63, 3.8) is 0 Å². The molecule has 0 atom stereocenters. The van der Waals surface area contributed by atoms with E-state index in [0.29, 0.717) is 26.1 Å². The minimum Gasteiger partial charge on any atom is -0.396 e. The summed E-state index contributed by atoms with van der Waals surface area (Å²) in [5.41, 5.74) is 0. The fourth-order valence-corrected chi connectivity index (χ4v) is 0.475. The monoisotopic (exact) mass is 180 g/mol. The van der Waals surface area contributed by atoms with Crippen molar-refractivity contribution < 1.29 is 19.9 Å². The van der Waals surface area contributed by atoms with Crippen LogP contribution < -0.4 is 5.84 Å². The van der Waals surface area contributed by atoms with Crippen LogP contribution in [0.5, 0.6) is 0 Å². The summed E-state index contributed by atoms with van der Waals surface area (Å²) in [7, 11) is 0. The third kappa shape index (κ3) is 7.86. The standard InChI is InChI=1S/C6H16N2O4/c7-8(11-5-1-3-9)12-6-2-4-10/h9-10H,1-7H2. The van der Waals surface area contributed by atoms with Gasteiger partial charge in [0.15, 0.2) is 0 Å². The van der Waals surface area contributed by atoms with Crippen LogP contribution in [-0.2, 0) is 9.68 Å². The molecule has 0 amide bonds. The predicted molar refractivity (Wildman–Crippen MR) is 41.3 cm³/mol. The lowest BCUT2D eigenvalue weighted by Crippen LogP contribution is -2.32. The molecule has 0 aromatic rings. The molecule has 6 heteroatoms. The first-order chi connectivity index (χ1) is 5.81. The average molecular weight is 180 g/mol. The van der Waals surface area contributed by atoms with Gasteiger partial charge in [0.25, 0.3) is 0 Å². The molecule has 0 bridgehead atoms. The van der Waals surface area contributed by atoms with Crippen molar-refractivity contribution in [2.24, 2.45) is 5.84 Å². The fraction of sp³-hybridized carbons (Fsp3) is 1.00. The smallest absolute Gasteiger partial charge is 0.0748 e. The highest BCUT2D eigenvalue weighted by Gasteiger charge is 1.97. The average Bonchev–Trinajstić information content (AvgIpc) is 2.06. The number of aliphatic hydroxyl groups is 2. The van der Waals surface area contributed by atoms with E-state index in [2.05, 4.69) is 0 Å². The number of rotatable bonds is 8. The summed E-state index contributed by atoms with van der Waals surface area (Å²) in [6.07, 6.45) is 1.02. The van der Waals surface area contributed by atoms with E-state index in [9.17, 15) is 0 Å². The van der Waals surface area contributed by atoms with Gasteiger partial charge in [0, 0.05) is 18.5 Å². The molecule has 0 saturated carbocycles. The first-order valence-corrected chi connectivity index (χ1v) is 3.83. The van der Waals surface area contributed by atoms with E-state index in [1.54, 1.807) is 0 Å². The number of hydrogen-bond acceptors (Lipinski definition) is 6. The maximum atomic E-state index is 8.38. The lowest BCUT2D eigenvalue weighted by molar-refractivity contribution is -0.373. The van der Waals surface area contributed by atoms with Crippen LogP contribution in [0.3, 0.4) is 0 Å². The van der Waals surface area contributed by atoms with Crippen LogP contribution in [0.15, 0.2) is 0 Å². The summed E-state index contributed by atoms with van der Waals surface area (Å²) in [6.45, 7) is 0.743. The number of nitrogens with zero attached hydrogens (tertiary/aromatic N) is 1. The van der Waals surface area contributed by atoms with Crippen LogP contribution in [0.4, 0.5) is 0 Å². The summed E-state index contributed by atoms with van der Waals surface area (Å²) < 4.78 is 0. The van der Waals surface area contributed by atoms with Gasteiger partial charge in [-0.05, 0) is 12.8 Å². The van der Waals surface area contributed by atoms with E-state index in [1.807, 2.05) is 0 Å². The quantitative estimate of drug-likeness (QED) is 0.247. The zero-order valence-electron chi connectivity index (χ0n) is 6.98. The molecule has 0 heterocycles. The molecule has 0 saturated heterocycles. The van der Waals surface area contributed by atoms with Gasteiger partial charge in [0.2, 0.25) is 0 Å². The molecule has 6 nitrogen and oxygen atoms in total. The Morgan fingerprint density at radius 3 is 1.75 bits per heavy atom. The second-order valence-corrected chi connectivity index (χ2v) is 2.11. The van der Waals surface area contributed by atoms with Crippen molar-refractivity contribution in [3.8, 4) is 0 Å². The summed E-state index contributed by atoms with van der Waals surface area (Å²) >= 11 is 0. The second kappa shape index (κ2) is 8.85. The lowest BCUT2D eigenvalue weighted by atomic mass is 10.5. The van der Waals surface area contributed by atoms with E-state index in [1.165, 1.54) is 0 Å². The third-order valence-electron chi connectivity index (χ3n) is 1.04.